The van der Waals surface area contributed by atoms with Crippen molar-refractivity contribution in [3.63, 3.8) is 0 Å². The van der Waals surface area contributed by atoms with Gasteiger partial charge in [0.05, 0.1) is 0 Å². The SMILES string of the molecule is CCc1ccc2c(c1)C=C(C(C)(C)C)S2(OS(=O)(=O)C(F)(F)F)C(F)(F)F. The maximum Gasteiger partial charge on any atom is 0.523 e. The molecule has 11 heteroatoms. The Hall–Kier alpha value is -1.20. The Kier molecular flexibility index (Phi) is 5.25. The Balaban J connectivity index is 2.88. The second-order valence-corrected chi connectivity index (χ2v) is 11.3. The van der Waals surface area contributed by atoms with Crippen LogP contribution in [-0.2, 0) is 20.2 Å². The molecule has 0 fully saturated rings. The summed E-state index contributed by atoms with van der Waals surface area (Å²) in [6, 6.07) is 3.75. The molecule has 1 aliphatic rings. The maximum atomic E-state index is 14.2. The highest BCUT2D eigenvalue weighted by atomic mass is 32.3. The monoisotopic (exact) mass is 436 g/mol. The highest BCUT2D eigenvalue weighted by Gasteiger charge is 2.65. The first-order valence-electron chi connectivity index (χ1n) is 7.74. The molecule has 0 radical (unpaired) electrons. The lowest BCUT2D eigenvalue weighted by molar-refractivity contribution is -0.0548. The van der Waals surface area contributed by atoms with E-state index >= 15 is 0 Å². The van der Waals surface area contributed by atoms with Gasteiger partial charge in [-0.15, -0.1) is 0 Å². The van der Waals surface area contributed by atoms with E-state index in [9.17, 15) is 34.8 Å². The summed E-state index contributed by atoms with van der Waals surface area (Å²) >= 11 is 0. The summed E-state index contributed by atoms with van der Waals surface area (Å²) in [6.45, 7) is 5.85. The van der Waals surface area contributed by atoms with E-state index in [0.717, 1.165) is 12.1 Å². The molecule has 1 aliphatic heterocycles. The minimum atomic E-state index is -6.50. The molecule has 1 heterocycles. The summed E-state index contributed by atoms with van der Waals surface area (Å²) in [5, 5.41) is 0. The summed E-state index contributed by atoms with van der Waals surface area (Å²) < 4.78 is 109. The number of allylic oxidation sites excluding steroid dienone is 1. The normalized spacial score (nSPS) is 23.6. The Bertz CT molecular complexity index is 879. The molecular weight excluding hydrogens is 418 g/mol. The van der Waals surface area contributed by atoms with Gasteiger partial charge in [-0.3, -0.25) is 0 Å². The summed E-state index contributed by atoms with van der Waals surface area (Å²) in [5.41, 5.74) is -12.0. The van der Waals surface area contributed by atoms with Crippen molar-refractivity contribution in [2.75, 3.05) is 0 Å². The predicted octanol–water partition coefficient (Wildman–Crippen LogP) is 6.11. The van der Waals surface area contributed by atoms with Crippen LogP contribution in [0.5, 0.6) is 0 Å². The largest absolute Gasteiger partial charge is 0.523 e. The highest BCUT2D eigenvalue weighted by molar-refractivity contribution is 8.37. The number of hydrogen-bond donors (Lipinski definition) is 0. The Morgan fingerprint density at radius 3 is 2.00 bits per heavy atom. The van der Waals surface area contributed by atoms with Gasteiger partial charge in [-0.25, -0.2) is 0 Å². The lowest BCUT2D eigenvalue weighted by Gasteiger charge is -2.43. The summed E-state index contributed by atoms with van der Waals surface area (Å²) in [4.78, 5) is -1.12. The molecule has 27 heavy (non-hydrogen) atoms. The van der Waals surface area contributed by atoms with Gasteiger partial charge in [0.25, 0.3) is 0 Å². The molecule has 1 aromatic rings. The van der Waals surface area contributed by atoms with E-state index in [4.69, 9.17) is 0 Å². The zero-order chi connectivity index (χ0) is 21.1. The second kappa shape index (κ2) is 6.41. The summed E-state index contributed by atoms with van der Waals surface area (Å²) in [7, 11) is -11.4. The first kappa shape index (κ1) is 22.1. The van der Waals surface area contributed by atoms with E-state index in [2.05, 4.69) is 3.63 Å². The maximum absolute atomic E-state index is 14.2. The molecule has 154 valence electrons. The number of rotatable bonds is 3. The Labute approximate surface area is 155 Å². The van der Waals surface area contributed by atoms with Crippen LogP contribution in [0.2, 0.25) is 0 Å². The fourth-order valence-electron chi connectivity index (χ4n) is 2.72. The molecule has 0 aromatic heterocycles. The van der Waals surface area contributed by atoms with Gasteiger partial charge in [-0.05, 0) is 35.1 Å². The Morgan fingerprint density at radius 1 is 1.04 bits per heavy atom. The molecule has 3 nitrogen and oxygen atoms in total. The first-order chi connectivity index (χ1) is 12.0. The molecule has 1 unspecified atom stereocenters. The van der Waals surface area contributed by atoms with Gasteiger partial charge in [-0.1, -0.05) is 39.8 Å². The van der Waals surface area contributed by atoms with Gasteiger partial charge in [0.15, 0.2) is 0 Å². The van der Waals surface area contributed by atoms with Crippen LogP contribution in [0.1, 0.15) is 38.8 Å². The van der Waals surface area contributed by atoms with Crippen LogP contribution in [0.25, 0.3) is 6.08 Å². The zero-order valence-electron chi connectivity index (χ0n) is 14.8. The van der Waals surface area contributed by atoms with Gasteiger partial charge >= 0.3 is 21.1 Å². The minimum Gasteiger partial charge on any atom is -0.196 e. The number of aryl methyl sites for hydroxylation is 1. The molecule has 0 saturated carbocycles. The van der Waals surface area contributed by atoms with E-state index in [1.54, 1.807) is 6.92 Å². The number of alkyl halides is 6. The third-order valence-electron chi connectivity index (χ3n) is 3.93. The molecular formula is C16H18F6O3S2. The van der Waals surface area contributed by atoms with Crippen molar-refractivity contribution in [3.05, 3.63) is 34.2 Å². The van der Waals surface area contributed by atoms with Crippen molar-refractivity contribution in [2.45, 2.75) is 50.0 Å². The quantitative estimate of drug-likeness (QED) is 0.424. The van der Waals surface area contributed by atoms with Crippen molar-refractivity contribution in [1.82, 2.24) is 0 Å². The molecule has 0 saturated heterocycles. The average Bonchev–Trinajstić information content (AvgIpc) is 2.80. The van der Waals surface area contributed by atoms with Crippen LogP contribution < -0.4 is 0 Å². The standard InChI is InChI=1S/C16H18F6O3S2/c1-5-10-6-7-12-11(8-10)9-13(14(2,3)4)26(12,15(17,18)19)25-27(23,24)16(20,21)22/h6-9H,5H2,1-4H3. The van der Waals surface area contributed by atoms with E-state index in [1.165, 1.54) is 32.9 Å². The van der Waals surface area contributed by atoms with Crippen molar-refractivity contribution in [3.8, 4) is 0 Å². The van der Waals surface area contributed by atoms with Crippen LogP contribution in [0.3, 0.4) is 0 Å². The van der Waals surface area contributed by atoms with Crippen molar-refractivity contribution in [2.24, 2.45) is 5.41 Å². The van der Waals surface area contributed by atoms with Crippen LogP contribution in [-0.4, -0.2) is 19.4 Å². The zero-order valence-corrected chi connectivity index (χ0v) is 16.5. The molecule has 1 atom stereocenters. The molecule has 0 spiro atoms. The molecule has 0 aliphatic carbocycles. The van der Waals surface area contributed by atoms with Gasteiger partial charge in [0.1, 0.15) is 0 Å². The number of benzene rings is 1. The topological polar surface area (TPSA) is 43.4 Å². The smallest absolute Gasteiger partial charge is 0.196 e. The molecule has 2 rings (SSSR count). The highest BCUT2D eigenvalue weighted by Crippen LogP contribution is 2.80. The lowest BCUT2D eigenvalue weighted by atomic mass is 9.94. The van der Waals surface area contributed by atoms with Crippen molar-refractivity contribution < 1.29 is 38.4 Å². The van der Waals surface area contributed by atoms with E-state index in [-0.39, 0.29) is 5.56 Å². The Morgan fingerprint density at radius 2 is 1.59 bits per heavy atom. The fraction of sp³-hybridized carbons (Fsp3) is 0.500. The number of hydrogen-bond acceptors (Lipinski definition) is 3. The minimum absolute atomic E-state index is 0.0176. The van der Waals surface area contributed by atoms with E-state index in [0.29, 0.717) is 12.0 Å². The number of fused-ring (bicyclic) bond motifs is 1. The fourth-order valence-corrected chi connectivity index (χ4v) is 7.60. The van der Waals surface area contributed by atoms with Gasteiger partial charge < -0.3 is 0 Å². The van der Waals surface area contributed by atoms with Gasteiger partial charge in [0.2, 0.25) is 0 Å². The van der Waals surface area contributed by atoms with Crippen LogP contribution >= 0.6 is 10.3 Å². The molecule has 0 N–H and O–H groups in total. The molecule has 0 amide bonds. The third kappa shape index (κ3) is 3.61. The summed E-state index contributed by atoms with van der Waals surface area (Å²) in [5.74, 6) is 0. The predicted molar refractivity (Wildman–Crippen MR) is 91.2 cm³/mol. The van der Waals surface area contributed by atoms with Crippen LogP contribution in [0.4, 0.5) is 26.3 Å². The number of halogens is 6. The van der Waals surface area contributed by atoms with Crippen molar-refractivity contribution >= 4 is 26.5 Å². The van der Waals surface area contributed by atoms with Gasteiger partial charge in [-0.2, -0.15) is 38.4 Å². The van der Waals surface area contributed by atoms with Crippen LogP contribution in [0, 0.1) is 5.41 Å². The van der Waals surface area contributed by atoms with Crippen molar-refractivity contribution in [1.29, 1.82) is 0 Å². The van der Waals surface area contributed by atoms with E-state index in [1.807, 2.05) is 0 Å². The molecule has 1 aromatic carbocycles. The first-order valence-corrected chi connectivity index (χ1v) is 10.7. The van der Waals surface area contributed by atoms with Gasteiger partial charge in [0, 0.05) is 20.1 Å². The lowest BCUT2D eigenvalue weighted by Crippen LogP contribution is -2.34. The van der Waals surface area contributed by atoms with E-state index < -0.39 is 46.7 Å². The second-order valence-electron chi connectivity index (χ2n) is 6.95. The van der Waals surface area contributed by atoms with Crippen LogP contribution in [0.15, 0.2) is 28.0 Å². The third-order valence-corrected chi connectivity index (χ3v) is 9.02. The molecule has 0 bridgehead atoms. The summed E-state index contributed by atoms with van der Waals surface area (Å²) in [6.07, 6.45) is 1.59. The average molecular weight is 436 g/mol.